The van der Waals surface area contributed by atoms with Crippen LogP contribution in [0.3, 0.4) is 0 Å². The summed E-state index contributed by atoms with van der Waals surface area (Å²) < 4.78 is 31.8. The molecule has 1 aliphatic carbocycles. The molecule has 2 aliphatic rings. The van der Waals surface area contributed by atoms with E-state index in [9.17, 15) is 8.78 Å². The van der Waals surface area contributed by atoms with E-state index < -0.39 is 20.4 Å². The summed E-state index contributed by atoms with van der Waals surface area (Å²) in [5.74, 6) is 0.791. The molecule has 0 atom stereocenters. The monoisotopic (exact) mass is 366 g/mol. The highest BCUT2D eigenvalue weighted by Crippen LogP contribution is 2.43. The molecule has 3 rings (SSSR count). The van der Waals surface area contributed by atoms with E-state index in [4.69, 9.17) is 4.74 Å². The third kappa shape index (κ3) is 5.13. The van der Waals surface area contributed by atoms with Crippen molar-refractivity contribution in [3.05, 3.63) is 35.4 Å². The third-order valence-corrected chi connectivity index (χ3v) is 10.2. The molecule has 0 N–H and O–H groups in total. The predicted molar refractivity (Wildman–Crippen MR) is 102 cm³/mol. The van der Waals surface area contributed by atoms with Gasteiger partial charge in [-0.15, -0.1) is 0 Å². The average Bonchev–Trinajstić information content (AvgIpc) is 2.65. The summed E-state index contributed by atoms with van der Waals surface area (Å²) in [6.45, 7) is 0.931. The second-order valence-corrected chi connectivity index (χ2v) is 11.7. The van der Waals surface area contributed by atoms with E-state index in [1.165, 1.54) is 62.4 Å². The van der Waals surface area contributed by atoms with Crippen LogP contribution in [0, 0.1) is 23.5 Å². The Labute approximate surface area is 152 Å². The summed E-state index contributed by atoms with van der Waals surface area (Å²) in [7, 11) is 1.32. The van der Waals surface area contributed by atoms with Gasteiger partial charge in [0.05, 0.1) is 0 Å². The Morgan fingerprint density at radius 3 is 2.28 bits per heavy atom. The highest BCUT2D eigenvalue weighted by Gasteiger charge is 2.31. The fraction of sp³-hybridized carbons (Fsp3) is 0.714. The Bertz CT molecular complexity index is 535. The van der Waals surface area contributed by atoms with E-state index >= 15 is 0 Å². The quantitative estimate of drug-likeness (QED) is 0.449. The van der Waals surface area contributed by atoms with Gasteiger partial charge < -0.3 is 4.74 Å². The van der Waals surface area contributed by atoms with Gasteiger partial charge in [0.1, 0.15) is 0 Å². The zero-order valence-electron chi connectivity index (χ0n) is 15.5. The Hall–Kier alpha value is -0.743. The average molecular weight is 367 g/mol. The number of methoxy groups -OCH3 is 1. The van der Waals surface area contributed by atoms with E-state index in [-0.39, 0.29) is 0 Å². The number of ether oxygens (including phenoxy) is 1. The number of hydrogen-bond acceptors (Lipinski definition) is 1. The van der Waals surface area contributed by atoms with Gasteiger partial charge in [0.2, 0.25) is 0 Å². The molecule has 0 radical (unpaired) electrons. The largest absolute Gasteiger partial charge is 0.385 e. The lowest BCUT2D eigenvalue weighted by Crippen LogP contribution is -2.28. The molecular weight excluding hydrogens is 334 g/mol. The Morgan fingerprint density at radius 1 is 0.960 bits per heavy atom. The van der Waals surface area contributed by atoms with Gasteiger partial charge in [-0.05, 0) is 67.6 Å². The molecule has 0 amide bonds. The second-order valence-electron chi connectivity index (χ2n) is 8.20. The van der Waals surface area contributed by atoms with Gasteiger partial charge >= 0.3 is 0 Å². The van der Waals surface area contributed by atoms with Crippen LogP contribution in [0.2, 0.25) is 18.1 Å². The van der Waals surface area contributed by atoms with Crippen molar-refractivity contribution < 1.29 is 13.5 Å². The number of halogens is 2. The molecule has 0 unspecified atom stereocenters. The van der Waals surface area contributed by atoms with Gasteiger partial charge in [-0.2, -0.15) is 0 Å². The Kier molecular flexibility index (Phi) is 7.06. The smallest absolute Gasteiger partial charge is 0.159 e. The molecule has 1 saturated heterocycles. The molecule has 2 fully saturated rings. The van der Waals surface area contributed by atoms with Crippen LogP contribution in [0.5, 0.6) is 0 Å². The first-order chi connectivity index (χ1) is 12.2. The van der Waals surface area contributed by atoms with Crippen LogP contribution >= 0.6 is 0 Å². The maximum atomic E-state index is 13.5. The molecule has 0 aromatic heterocycles. The number of benzene rings is 1. The normalized spacial score (nSPS) is 30.4. The standard InChI is InChI=1S/C21H32F2OSi/c1-24-11-2-12-25-13-9-18(10-14-25)16-3-5-17(6-4-16)19-7-8-20(22)21(23)15-19/h7-8,15-18,25H,2-6,9-14H2,1H3/t16-,17-,18?,25?. The van der Waals surface area contributed by atoms with Crippen LogP contribution in [-0.2, 0) is 4.74 Å². The van der Waals surface area contributed by atoms with E-state index in [1.807, 2.05) is 0 Å². The summed E-state index contributed by atoms with van der Waals surface area (Å²) in [4.78, 5) is 0. The molecular formula is C21H32F2OSi. The van der Waals surface area contributed by atoms with Crippen molar-refractivity contribution in [3.63, 3.8) is 0 Å². The molecule has 1 nitrogen and oxygen atoms in total. The number of rotatable bonds is 6. The Morgan fingerprint density at radius 2 is 1.64 bits per heavy atom. The van der Waals surface area contributed by atoms with Crippen LogP contribution in [0.1, 0.15) is 56.4 Å². The summed E-state index contributed by atoms with van der Waals surface area (Å²) in [5, 5.41) is 0. The lowest BCUT2D eigenvalue weighted by atomic mass is 9.72. The summed E-state index contributed by atoms with van der Waals surface area (Å²) >= 11 is 0. The van der Waals surface area contributed by atoms with Crippen molar-refractivity contribution in [3.8, 4) is 0 Å². The molecule has 25 heavy (non-hydrogen) atoms. The summed E-state index contributed by atoms with van der Waals surface area (Å²) in [6.07, 6.45) is 8.97. The molecule has 1 aliphatic heterocycles. The van der Waals surface area contributed by atoms with Crippen LogP contribution in [0.25, 0.3) is 0 Å². The molecule has 0 bridgehead atoms. The van der Waals surface area contributed by atoms with E-state index in [0.29, 0.717) is 5.92 Å². The molecule has 1 aromatic rings. The minimum Gasteiger partial charge on any atom is -0.385 e. The van der Waals surface area contributed by atoms with Gasteiger partial charge in [-0.3, -0.25) is 0 Å². The third-order valence-electron chi connectivity index (χ3n) is 6.71. The minimum atomic E-state index is -0.733. The Balaban J connectivity index is 1.43. The van der Waals surface area contributed by atoms with Crippen molar-refractivity contribution in [2.45, 2.75) is 69.0 Å². The summed E-state index contributed by atoms with van der Waals surface area (Å²) in [6, 6.07) is 8.99. The molecule has 0 spiro atoms. The zero-order valence-corrected chi connectivity index (χ0v) is 16.6. The molecule has 1 aromatic carbocycles. The highest BCUT2D eigenvalue weighted by atomic mass is 28.3. The first-order valence-electron chi connectivity index (χ1n) is 10.1. The van der Waals surface area contributed by atoms with E-state index in [2.05, 4.69) is 0 Å². The van der Waals surface area contributed by atoms with Crippen LogP contribution in [-0.4, -0.2) is 22.5 Å². The molecule has 140 valence electrons. The SMILES string of the molecule is COCCC[SiH]1CCC([C@H]2CC[C@H](c3ccc(F)c(F)c3)CC2)CC1. The molecule has 1 saturated carbocycles. The van der Waals surface area contributed by atoms with E-state index in [0.717, 1.165) is 36.8 Å². The maximum absolute atomic E-state index is 13.5. The van der Waals surface area contributed by atoms with Crippen LogP contribution in [0.4, 0.5) is 8.78 Å². The van der Waals surface area contributed by atoms with E-state index in [1.54, 1.807) is 13.2 Å². The van der Waals surface area contributed by atoms with Gasteiger partial charge in [0, 0.05) is 22.5 Å². The lowest BCUT2D eigenvalue weighted by Gasteiger charge is -2.37. The zero-order chi connectivity index (χ0) is 17.6. The fourth-order valence-electron chi connectivity index (χ4n) is 5.15. The van der Waals surface area contributed by atoms with Crippen LogP contribution < -0.4 is 0 Å². The van der Waals surface area contributed by atoms with Gasteiger partial charge in [0.25, 0.3) is 0 Å². The number of hydrogen-bond donors (Lipinski definition) is 0. The van der Waals surface area contributed by atoms with Gasteiger partial charge in [-0.1, -0.05) is 37.0 Å². The van der Waals surface area contributed by atoms with Crippen molar-refractivity contribution >= 4 is 8.80 Å². The van der Waals surface area contributed by atoms with Crippen molar-refractivity contribution in [1.29, 1.82) is 0 Å². The van der Waals surface area contributed by atoms with Crippen molar-refractivity contribution in [1.82, 2.24) is 0 Å². The summed E-state index contributed by atoms with van der Waals surface area (Å²) in [5.41, 5.74) is 0.992. The second kappa shape index (κ2) is 9.27. The fourth-order valence-corrected chi connectivity index (χ4v) is 8.56. The first-order valence-corrected chi connectivity index (χ1v) is 12.6. The van der Waals surface area contributed by atoms with Gasteiger partial charge in [0.15, 0.2) is 11.6 Å². The van der Waals surface area contributed by atoms with Crippen LogP contribution in [0.15, 0.2) is 18.2 Å². The van der Waals surface area contributed by atoms with Gasteiger partial charge in [-0.25, -0.2) is 8.78 Å². The lowest BCUT2D eigenvalue weighted by molar-refractivity contribution is 0.198. The molecule has 4 heteroatoms. The van der Waals surface area contributed by atoms with Crippen molar-refractivity contribution in [2.75, 3.05) is 13.7 Å². The van der Waals surface area contributed by atoms with Crippen molar-refractivity contribution in [2.24, 2.45) is 11.8 Å². The topological polar surface area (TPSA) is 9.23 Å². The minimum absolute atomic E-state index is 0.422. The first kappa shape index (κ1) is 19.0. The predicted octanol–water partition coefficient (Wildman–Crippen LogP) is 5.91. The highest BCUT2D eigenvalue weighted by molar-refractivity contribution is 6.58. The maximum Gasteiger partial charge on any atom is 0.159 e. The molecule has 1 heterocycles.